The van der Waals surface area contributed by atoms with Gasteiger partial charge in [0.1, 0.15) is 6.04 Å². The summed E-state index contributed by atoms with van der Waals surface area (Å²) in [7, 11) is 0. The maximum Gasteiger partial charge on any atom is 0.243 e. The highest BCUT2D eigenvalue weighted by atomic mass is 79.9. The summed E-state index contributed by atoms with van der Waals surface area (Å²) >= 11 is 3.42. The van der Waals surface area contributed by atoms with Crippen molar-refractivity contribution in [3.8, 4) is 11.5 Å². The Balaban J connectivity index is 1.36. The van der Waals surface area contributed by atoms with Crippen LogP contribution in [0, 0.1) is 0 Å². The molecule has 0 aliphatic rings. The number of H-pyrrole nitrogens is 2. The van der Waals surface area contributed by atoms with Crippen LogP contribution in [0.1, 0.15) is 16.8 Å². The first-order valence-corrected chi connectivity index (χ1v) is 13.0. The third-order valence-corrected chi connectivity index (χ3v) is 6.54. The molecule has 2 atom stereocenters. The number of phenolic OH excluding ortho intramolecular Hbond substituents is 2. The highest BCUT2D eigenvalue weighted by Crippen LogP contribution is 2.25. The van der Waals surface area contributed by atoms with Crippen molar-refractivity contribution in [1.82, 2.24) is 30.9 Å². The van der Waals surface area contributed by atoms with Crippen LogP contribution >= 0.6 is 15.9 Å². The fourth-order valence-electron chi connectivity index (χ4n) is 3.97. The first-order chi connectivity index (χ1) is 19.2. The molecule has 0 aliphatic carbocycles. The van der Waals surface area contributed by atoms with E-state index < -0.39 is 29.8 Å². The quantitative estimate of drug-likeness (QED) is 0.118. The van der Waals surface area contributed by atoms with Crippen LogP contribution in [0.25, 0.3) is 17.0 Å². The van der Waals surface area contributed by atoms with Gasteiger partial charge in [-0.1, -0.05) is 28.1 Å². The number of benzene rings is 2. The van der Waals surface area contributed by atoms with Crippen molar-refractivity contribution >= 4 is 50.6 Å². The lowest BCUT2D eigenvalue weighted by Crippen LogP contribution is -2.54. The molecule has 0 radical (unpaired) electrons. The van der Waals surface area contributed by atoms with Crippen molar-refractivity contribution < 1.29 is 24.6 Å². The lowest BCUT2D eigenvalue weighted by Gasteiger charge is -2.21. The lowest BCUT2D eigenvalue weighted by molar-refractivity contribution is -0.130. The van der Waals surface area contributed by atoms with E-state index in [0.29, 0.717) is 11.3 Å². The third kappa shape index (κ3) is 7.48. The molecule has 3 amide bonds. The molecule has 2 aromatic heterocycles. The van der Waals surface area contributed by atoms with Gasteiger partial charge in [0.25, 0.3) is 0 Å². The SMILES string of the molecule is NC(Cc1cnc[nH]1)C(=O)NC(Cc1ccc(O)c(O)c1)C(=O)NCC(=O)N/C=C/c1c[nH]c2cc(Br)ccc12. The van der Waals surface area contributed by atoms with Crippen molar-refractivity contribution in [3.05, 3.63) is 82.6 Å². The number of hydrogen-bond donors (Lipinski definition) is 8. The summed E-state index contributed by atoms with van der Waals surface area (Å²) in [5.74, 6) is -2.38. The minimum absolute atomic E-state index is 0.0274. The molecule has 0 saturated heterocycles. The summed E-state index contributed by atoms with van der Waals surface area (Å²) < 4.78 is 0.943. The fraction of sp³-hybridized carbons (Fsp3) is 0.185. The van der Waals surface area contributed by atoms with Crippen LogP contribution in [0.4, 0.5) is 0 Å². The lowest BCUT2D eigenvalue weighted by atomic mass is 10.0. The van der Waals surface area contributed by atoms with Gasteiger partial charge in [0.15, 0.2) is 11.5 Å². The number of rotatable bonds is 11. The smallest absolute Gasteiger partial charge is 0.243 e. The second kappa shape index (κ2) is 13.0. The van der Waals surface area contributed by atoms with Gasteiger partial charge in [0.2, 0.25) is 17.7 Å². The number of hydrogen-bond acceptors (Lipinski definition) is 7. The Hall–Kier alpha value is -4.62. The zero-order valence-electron chi connectivity index (χ0n) is 21.1. The van der Waals surface area contributed by atoms with Crippen LogP contribution in [0.2, 0.25) is 0 Å². The molecule has 2 heterocycles. The Morgan fingerprint density at radius 3 is 2.62 bits per heavy atom. The molecule has 4 aromatic rings. The maximum absolute atomic E-state index is 13.0. The molecule has 0 bridgehead atoms. The van der Waals surface area contributed by atoms with Gasteiger partial charge in [-0.3, -0.25) is 14.4 Å². The molecule has 9 N–H and O–H groups in total. The molecule has 2 aromatic carbocycles. The van der Waals surface area contributed by atoms with Crippen molar-refractivity contribution in [2.75, 3.05) is 6.54 Å². The summed E-state index contributed by atoms with van der Waals surface area (Å²) in [6.07, 6.45) is 8.17. The minimum Gasteiger partial charge on any atom is -0.504 e. The van der Waals surface area contributed by atoms with Crippen LogP contribution < -0.4 is 21.7 Å². The Labute approximate surface area is 237 Å². The number of imidazole rings is 1. The highest BCUT2D eigenvalue weighted by molar-refractivity contribution is 9.10. The number of fused-ring (bicyclic) bond motifs is 1. The topological polar surface area (TPSA) is 198 Å². The molecule has 0 fully saturated rings. The van der Waals surface area contributed by atoms with E-state index in [4.69, 9.17) is 5.73 Å². The van der Waals surface area contributed by atoms with Gasteiger partial charge in [-0.15, -0.1) is 0 Å². The van der Waals surface area contributed by atoms with E-state index in [0.717, 1.165) is 20.9 Å². The first kappa shape index (κ1) is 28.4. The fourth-order valence-corrected chi connectivity index (χ4v) is 4.33. The molecule has 12 nitrogen and oxygen atoms in total. The molecule has 13 heteroatoms. The van der Waals surface area contributed by atoms with Crippen LogP contribution in [-0.4, -0.2) is 61.5 Å². The number of nitrogens with one attached hydrogen (secondary N) is 5. The van der Waals surface area contributed by atoms with Crippen molar-refractivity contribution in [3.63, 3.8) is 0 Å². The molecule has 0 saturated carbocycles. The Morgan fingerprint density at radius 1 is 1.05 bits per heavy atom. The average Bonchev–Trinajstić information content (AvgIpc) is 3.58. The van der Waals surface area contributed by atoms with Crippen LogP contribution in [-0.2, 0) is 27.2 Å². The highest BCUT2D eigenvalue weighted by Gasteiger charge is 2.25. The van der Waals surface area contributed by atoms with E-state index in [1.807, 2.05) is 24.4 Å². The number of amides is 3. The Kier molecular flexibility index (Phi) is 9.19. The maximum atomic E-state index is 13.0. The van der Waals surface area contributed by atoms with Crippen molar-refractivity contribution in [2.45, 2.75) is 24.9 Å². The zero-order chi connectivity index (χ0) is 28.6. The molecule has 208 valence electrons. The molecule has 0 aliphatic heterocycles. The monoisotopic (exact) mass is 609 g/mol. The average molecular weight is 610 g/mol. The number of nitrogens with two attached hydrogens (primary N) is 1. The number of carbonyl (C=O) groups excluding carboxylic acids is 3. The van der Waals surface area contributed by atoms with Gasteiger partial charge in [-0.25, -0.2) is 4.98 Å². The zero-order valence-corrected chi connectivity index (χ0v) is 22.7. The summed E-state index contributed by atoms with van der Waals surface area (Å²) in [5, 5.41) is 28.1. The number of aromatic amines is 2. The standard InChI is InChI=1S/C27H28BrN7O5/c28-17-2-3-19-16(11-32-21(19)9-17)5-6-31-25(38)13-33-27(40)22(7-15-1-4-23(36)24(37)8-15)35-26(39)20(29)10-18-12-30-14-34-18/h1-6,8-9,11-12,14,20,22,32,36-37H,7,10,13,29H2,(H,30,34)(H,31,38)(H,33,40)(H,35,39)/b6-5+. The van der Waals surface area contributed by atoms with Gasteiger partial charge in [0, 0.05) is 58.1 Å². The Bertz CT molecular complexity index is 1530. The molecular formula is C27H28BrN7O5. The van der Waals surface area contributed by atoms with Gasteiger partial charge in [0.05, 0.1) is 18.9 Å². The number of nitrogens with zero attached hydrogens (tertiary/aromatic N) is 1. The summed E-state index contributed by atoms with van der Waals surface area (Å²) in [5.41, 5.74) is 8.94. The largest absolute Gasteiger partial charge is 0.504 e. The van der Waals surface area contributed by atoms with E-state index in [1.165, 1.54) is 30.7 Å². The first-order valence-electron chi connectivity index (χ1n) is 12.2. The van der Waals surface area contributed by atoms with E-state index in [1.54, 1.807) is 12.3 Å². The van der Waals surface area contributed by atoms with Crippen LogP contribution in [0.15, 0.2) is 65.8 Å². The van der Waals surface area contributed by atoms with Crippen molar-refractivity contribution in [2.24, 2.45) is 5.73 Å². The Morgan fingerprint density at radius 2 is 1.88 bits per heavy atom. The third-order valence-electron chi connectivity index (χ3n) is 6.05. The molecule has 2 unspecified atom stereocenters. The summed E-state index contributed by atoms with van der Waals surface area (Å²) in [4.78, 5) is 48.1. The number of phenols is 2. The van der Waals surface area contributed by atoms with Crippen LogP contribution in [0.3, 0.4) is 0 Å². The van der Waals surface area contributed by atoms with E-state index in [2.05, 4.69) is 46.8 Å². The minimum atomic E-state index is -1.11. The van der Waals surface area contributed by atoms with E-state index >= 15 is 0 Å². The van der Waals surface area contributed by atoms with Gasteiger partial charge < -0.3 is 41.9 Å². The number of aromatic nitrogens is 3. The predicted molar refractivity (Wildman–Crippen MR) is 152 cm³/mol. The second-order valence-corrected chi connectivity index (χ2v) is 9.94. The second-order valence-electron chi connectivity index (χ2n) is 9.03. The number of carbonyl (C=O) groups is 3. The van der Waals surface area contributed by atoms with Crippen LogP contribution in [0.5, 0.6) is 11.5 Å². The van der Waals surface area contributed by atoms with Gasteiger partial charge in [-0.2, -0.15) is 0 Å². The molecule has 0 spiro atoms. The van der Waals surface area contributed by atoms with E-state index in [9.17, 15) is 24.6 Å². The molecule has 40 heavy (non-hydrogen) atoms. The van der Waals surface area contributed by atoms with E-state index in [-0.39, 0.29) is 30.9 Å². The van der Waals surface area contributed by atoms with Crippen molar-refractivity contribution in [1.29, 1.82) is 0 Å². The number of aromatic hydroxyl groups is 2. The summed E-state index contributed by atoms with van der Waals surface area (Å²) in [6, 6.07) is 7.79. The summed E-state index contributed by atoms with van der Waals surface area (Å²) in [6.45, 7) is -0.350. The van der Waals surface area contributed by atoms with Gasteiger partial charge in [-0.05, 0) is 35.9 Å². The predicted octanol–water partition coefficient (Wildman–Crippen LogP) is 1.57. The van der Waals surface area contributed by atoms with Gasteiger partial charge >= 0.3 is 0 Å². The number of halogens is 1. The molecular weight excluding hydrogens is 582 g/mol. The molecule has 4 rings (SSSR count). The normalized spacial score (nSPS) is 12.8.